The summed E-state index contributed by atoms with van der Waals surface area (Å²) < 4.78 is 26.4. The van der Waals surface area contributed by atoms with E-state index in [4.69, 9.17) is 0 Å². The number of aromatic nitrogens is 2. The van der Waals surface area contributed by atoms with E-state index < -0.39 is 10.0 Å². The second-order valence-corrected chi connectivity index (χ2v) is 8.58. The SMILES string of the molecule is Cn1nccc1C1=CCN(C(=O)CN2CCN(S(C)(=O)=O)CC2)CC1. The summed E-state index contributed by atoms with van der Waals surface area (Å²) in [6.45, 7) is 3.78. The zero-order valence-electron chi connectivity index (χ0n) is 14.8. The summed E-state index contributed by atoms with van der Waals surface area (Å²) in [6, 6.07) is 1.99. The Hall–Kier alpha value is -1.71. The van der Waals surface area contributed by atoms with E-state index in [2.05, 4.69) is 11.2 Å². The average Bonchev–Trinajstić information content (AvgIpc) is 3.01. The van der Waals surface area contributed by atoms with Gasteiger partial charge in [-0.25, -0.2) is 8.42 Å². The lowest BCUT2D eigenvalue weighted by Crippen LogP contribution is -2.51. The Morgan fingerprint density at radius 1 is 1.20 bits per heavy atom. The quantitative estimate of drug-likeness (QED) is 0.724. The molecule has 2 aliphatic rings. The number of piperazine rings is 1. The number of nitrogens with zero attached hydrogens (tertiary/aromatic N) is 5. The molecule has 0 bridgehead atoms. The monoisotopic (exact) mass is 367 g/mol. The van der Waals surface area contributed by atoms with Crippen LogP contribution in [0, 0.1) is 0 Å². The molecule has 1 aromatic heterocycles. The van der Waals surface area contributed by atoms with Crippen molar-refractivity contribution < 1.29 is 13.2 Å². The molecule has 0 aliphatic carbocycles. The second kappa shape index (κ2) is 7.27. The molecule has 0 aromatic carbocycles. The van der Waals surface area contributed by atoms with Crippen LogP contribution >= 0.6 is 0 Å². The van der Waals surface area contributed by atoms with Gasteiger partial charge < -0.3 is 4.90 Å². The zero-order valence-corrected chi connectivity index (χ0v) is 15.6. The minimum Gasteiger partial charge on any atom is -0.338 e. The van der Waals surface area contributed by atoms with Crippen molar-refractivity contribution in [3.05, 3.63) is 24.0 Å². The van der Waals surface area contributed by atoms with Gasteiger partial charge in [0.1, 0.15) is 0 Å². The fourth-order valence-corrected chi connectivity index (χ4v) is 4.15. The first-order valence-electron chi connectivity index (χ1n) is 8.47. The van der Waals surface area contributed by atoms with Crippen LogP contribution in [0.4, 0.5) is 0 Å². The molecule has 3 heterocycles. The van der Waals surface area contributed by atoms with E-state index in [-0.39, 0.29) is 5.91 Å². The Morgan fingerprint density at radius 3 is 2.44 bits per heavy atom. The number of amides is 1. The van der Waals surface area contributed by atoms with E-state index >= 15 is 0 Å². The Kier molecular flexibility index (Phi) is 5.26. The molecule has 0 N–H and O–H groups in total. The van der Waals surface area contributed by atoms with Gasteiger partial charge in [0.05, 0.1) is 18.5 Å². The summed E-state index contributed by atoms with van der Waals surface area (Å²) in [5.74, 6) is 0.105. The van der Waals surface area contributed by atoms with Gasteiger partial charge in [-0.3, -0.25) is 14.4 Å². The first-order chi connectivity index (χ1) is 11.8. The van der Waals surface area contributed by atoms with Crippen LogP contribution in [0.1, 0.15) is 12.1 Å². The van der Waals surface area contributed by atoms with E-state index in [0.717, 1.165) is 12.1 Å². The van der Waals surface area contributed by atoms with Gasteiger partial charge in [-0.1, -0.05) is 6.08 Å². The highest BCUT2D eigenvalue weighted by molar-refractivity contribution is 7.88. The number of carbonyl (C=O) groups excluding carboxylic acids is 1. The normalized spacial score (nSPS) is 20.6. The molecule has 9 heteroatoms. The number of sulfonamides is 1. The van der Waals surface area contributed by atoms with Gasteiger partial charge >= 0.3 is 0 Å². The third kappa shape index (κ3) is 4.28. The van der Waals surface area contributed by atoms with E-state index in [1.54, 1.807) is 6.20 Å². The van der Waals surface area contributed by atoms with E-state index in [9.17, 15) is 13.2 Å². The number of hydrogen-bond donors (Lipinski definition) is 0. The van der Waals surface area contributed by atoms with Crippen molar-refractivity contribution in [3.8, 4) is 0 Å². The Morgan fingerprint density at radius 2 is 1.92 bits per heavy atom. The molecule has 0 saturated carbocycles. The molecule has 2 aliphatic heterocycles. The lowest BCUT2D eigenvalue weighted by molar-refractivity contribution is -0.132. The number of rotatable bonds is 4. The molecule has 25 heavy (non-hydrogen) atoms. The predicted octanol–water partition coefficient (Wildman–Crippen LogP) is -0.387. The second-order valence-electron chi connectivity index (χ2n) is 6.60. The van der Waals surface area contributed by atoms with Crippen molar-refractivity contribution in [1.82, 2.24) is 23.9 Å². The molecular formula is C16H25N5O3S. The molecule has 1 amide bonds. The highest BCUT2D eigenvalue weighted by Gasteiger charge is 2.26. The predicted molar refractivity (Wildman–Crippen MR) is 95.2 cm³/mol. The summed E-state index contributed by atoms with van der Waals surface area (Å²) in [5, 5.41) is 4.19. The van der Waals surface area contributed by atoms with Crippen molar-refractivity contribution in [2.45, 2.75) is 6.42 Å². The maximum Gasteiger partial charge on any atom is 0.237 e. The number of carbonyl (C=O) groups is 1. The Bertz CT molecular complexity index is 762. The van der Waals surface area contributed by atoms with Gasteiger partial charge in [-0.15, -0.1) is 0 Å². The third-order valence-corrected chi connectivity index (χ3v) is 6.17. The Labute approximate surface area is 148 Å². The summed E-state index contributed by atoms with van der Waals surface area (Å²) in [5.41, 5.74) is 2.33. The van der Waals surface area contributed by atoms with Crippen molar-refractivity contribution in [2.24, 2.45) is 7.05 Å². The van der Waals surface area contributed by atoms with E-state index in [1.165, 1.54) is 16.1 Å². The standard InChI is InChI=1S/C16H25N5O3S/c1-18-15(3-6-17-18)14-4-7-20(8-5-14)16(22)13-19-9-11-21(12-10-19)25(2,23)24/h3-4,6H,5,7-13H2,1-2H3. The molecule has 0 atom stereocenters. The fraction of sp³-hybridized carbons (Fsp3) is 0.625. The number of hydrogen-bond acceptors (Lipinski definition) is 5. The molecule has 0 unspecified atom stereocenters. The maximum atomic E-state index is 12.5. The van der Waals surface area contributed by atoms with Crippen molar-refractivity contribution >= 4 is 21.5 Å². The Balaban J connectivity index is 1.51. The topological polar surface area (TPSA) is 78.8 Å². The summed E-state index contributed by atoms with van der Waals surface area (Å²) in [7, 11) is -1.21. The maximum absolute atomic E-state index is 12.5. The van der Waals surface area contributed by atoms with E-state index in [0.29, 0.717) is 45.8 Å². The molecule has 1 fully saturated rings. The van der Waals surface area contributed by atoms with Gasteiger partial charge in [0.15, 0.2) is 0 Å². The van der Waals surface area contributed by atoms with Crippen LogP contribution in [-0.2, 0) is 21.9 Å². The third-order valence-electron chi connectivity index (χ3n) is 4.87. The molecule has 0 radical (unpaired) electrons. The van der Waals surface area contributed by atoms with E-state index in [1.807, 2.05) is 27.6 Å². The molecule has 1 saturated heterocycles. The minimum atomic E-state index is -3.13. The molecule has 138 valence electrons. The highest BCUT2D eigenvalue weighted by Crippen LogP contribution is 2.21. The zero-order chi connectivity index (χ0) is 18.0. The van der Waals surface area contributed by atoms with Crippen LogP contribution < -0.4 is 0 Å². The van der Waals surface area contributed by atoms with Gasteiger partial charge in [-0.05, 0) is 18.1 Å². The summed E-state index contributed by atoms with van der Waals surface area (Å²) in [6.07, 6.45) is 5.94. The molecule has 1 aromatic rings. The summed E-state index contributed by atoms with van der Waals surface area (Å²) >= 11 is 0. The van der Waals surface area contributed by atoms with Crippen molar-refractivity contribution in [2.75, 3.05) is 52.1 Å². The molecule has 3 rings (SSSR count). The average molecular weight is 367 g/mol. The molecular weight excluding hydrogens is 342 g/mol. The van der Waals surface area contributed by atoms with Crippen LogP contribution in [0.5, 0.6) is 0 Å². The van der Waals surface area contributed by atoms with Gasteiger partial charge in [-0.2, -0.15) is 9.40 Å². The summed E-state index contributed by atoms with van der Waals surface area (Å²) in [4.78, 5) is 16.4. The van der Waals surface area contributed by atoms with Crippen molar-refractivity contribution in [3.63, 3.8) is 0 Å². The lowest BCUT2D eigenvalue weighted by Gasteiger charge is -2.34. The van der Waals surface area contributed by atoms with Crippen LogP contribution in [-0.4, -0.2) is 90.3 Å². The highest BCUT2D eigenvalue weighted by atomic mass is 32.2. The van der Waals surface area contributed by atoms with Gasteiger partial charge in [0.2, 0.25) is 15.9 Å². The van der Waals surface area contributed by atoms with Crippen LogP contribution in [0.3, 0.4) is 0 Å². The largest absolute Gasteiger partial charge is 0.338 e. The van der Waals surface area contributed by atoms with Gasteiger partial charge in [0.25, 0.3) is 0 Å². The number of aryl methyl sites for hydroxylation is 1. The first-order valence-corrected chi connectivity index (χ1v) is 10.3. The first kappa shape index (κ1) is 18.1. The smallest absolute Gasteiger partial charge is 0.237 e. The molecule has 0 spiro atoms. The molecule has 8 nitrogen and oxygen atoms in total. The van der Waals surface area contributed by atoms with Crippen LogP contribution in [0.2, 0.25) is 0 Å². The van der Waals surface area contributed by atoms with Crippen LogP contribution in [0.25, 0.3) is 5.57 Å². The lowest BCUT2D eigenvalue weighted by atomic mass is 10.0. The minimum absolute atomic E-state index is 0.105. The van der Waals surface area contributed by atoms with Crippen molar-refractivity contribution in [1.29, 1.82) is 0 Å². The van der Waals surface area contributed by atoms with Crippen LogP contribution in [0.15, 0.2) is 18.3 Å². The fourth-order valence-electron chi connectivity index (χ4n) is 3.33. The van der Waals surface area contributed by atoms with Gasteiger partial charge in [0, 0.05) is 52.5 Å².